The minimum atomic E-state index is -1.41. The molecule has 3 rings (SSSR count). The van der Waals surface area contributed by atoms with E-state index in [0.717, 1.165) is 5.56 Å². The first-order valence-electron chi connectivity index (χ1n) is 15.0. The number of nitrogens with one attached hydrogen (secondary N) is 2. The molecule has 2 amide bonds. The fraction of sp³-hybridized carbons (Fsp3) is 0.441. The van der Waals surface area contributed by atoms with Crippen LogP contribution in [0, 0.1) is 0 Å². The third-order valence-electron chi connectivity index (χ3n) is 6.72. The molecule has 0 saturated heterocycles. The fourth-order valence-electron chi connectivity index (χ4n) is 4.47. The lowest BCUT2D eigenvalue weighted by molar-refractivity contribution is -0.145. The van der Waals surface area contributed by atoms with Gasteiger partial charge in [-0.2, -0.15) is 0 Å². The van der Waals surface area contributed by atoms with Crippen molar-refractivity contribution in [3.8, 4) is 5.75 Å². The third-order valence-corrected chi connectivity index (χ3v) is 6.72. The van der Waals surface area contributed by atoms with Crippen LogP contribution in [0.3, 0.4) is 0 Å². The molecular formula is C34H44N4O8. The monoisotopic (exact) mass is 636 g/mol. The van der Waals surface area contributed by atoms with Crippen molar-refractivity contribution < 1.29 is 38.1 Å². The zero-order valence-electron chi connectivity index (χ0n) is 27.5. The van der Waals surface area contributed by atoms with Gasteiger partial charge in [0.25, 0.3) is 0 Å². The smallest absolute Gasteiger partial charge is 0.408 e. The normalized spacial score (nSPS) is 12.8. The molecule has 2 unspecified atom stereocenters. The molecule has 0 spiro atoms. The highest BCUT2D eigenvalue weighted by atomic mass is 16.6. The number of ether oxygens (including phenoxy) is 4. The van der Waals surface area contributed by atoms with Gasteiger partial charge in [0.15, 0.2) is 11.8 Å². The van der Waals surface area contributed by atoms with Gasteiger partial charge in [-0.15, -0.1) is 0 Å². The molecule has 0 bridgehead atoms. The number of methoxy groups -OCH3 is 1. The van der Waals surface area contributed by atoms with E-state index in [1.54, 1.807) is 62.7 Å². The second-order valence-electron chi connectivity index (χ2n) is 12.1. The predicted octanol–water partition coefficient (Wildman–Crippen LogP) is 4.16. The number of carbonyl (C=O) groups is 4. The van der Waals surface area contributed by atoms with Gasteiger partial charge < -0.3 is 34.1 Å². The van der Waals surface area contributed by atoms with Crippen LogP contribution < -0.4 is 15.4 Å². The van der Waals surface area contributed by atoms with Gasteiger partial charge in [0.2, 0.25) is 5.91 Å². The number of hydrogen-bond acceptors (Lipinski definition) is 9. The van der Waals surface area contributed by atoms with E-state index in [9.17, 15) is 19.2 Å². The first-order chi connectivity index (χ1) is 21.7. The summed E-state index contributed by atoms with van der Waals surface area (Å²) in [6.07, 6.45) is 2.09. The second-order valence-corrected chi connectivity index (χ2v) is 12.1. The summed E-state index contributed by atoms with van der Waals surface area (Å²) in [5.74, 6) is -1.01. The van der Waals surface area contributed by atoms with Crippen molar-refractivity contribution in [2.24, 2.45) is 0 Å². The van der Waals surface area contributed by atoms with Crippen molar-refractivity contribution in [2.45, 2.75) is 77.8 Å². The van der Waals surface area contributed by atoms with Gasteiger partial charge in [0.05, 0.1) is 45.4 Å². The summed E-state index contributed by atoms with van der Waals surface area (Å²) < 4.78 is 23.5. The average molecular weight is 637 g/mol. The molecule has 12 heteroatoms. The van der Waals surface area contributed by atoms with Gasteiger partial charge in [-0.05, 0) is 53.2 Å². The molecule has 248 valence electrons. The quantitative estimate of drug-likeness (QED) is 0.235. The highest BCUT2D eigenvalue weighted by Gasteiger charge is 2.35. The molecule has 0 aliphatic rings. The maximum atomic E-state index is 13.6. The number of para-hydroxylation sites is 1. The highest BCUT2D eigenvalue weighted by molar-refractivity contribution is 5.94. The Morgan fingerprint density at radius 1 is 0.957 bits per heavy atom. The van der Waals surface area contributed by atoms with Crippen molar-refractivity contribution in [1.82, 2.24) is 20.2 Å². The lowest BCUT2D eigenvalue weighted by Crippen LogP contribution is -2.59. The SMILES string of the molecule is CCOC(=O)C(c1ccccc1OC)n1cnc(CC(=O)C(COCc2ccccc2)NC(=O)C(C)(C)NC(=O)OC(C)(C)C)c1. The number of nitrogens with zero attached hydrogens (tertiary/aromatic N) is 2. The summed E-state index contributed by atoms with van der Waals surface area (Å²) in [4.78, 5) is 56.8. The first kappa shape index (κ1) is 35.8. The minimum Gasteiger partial charge on any atom is -0.496 e. The number of aromatic nitrogens is 2. The van der Waals surface area contributed by atoms with Gasteiger partial charge in [0.1, 0.15) is 22.9 Å². The lowest BCUT2D eigenvalue weighted by atomic mass is 10.0. The molecule has 0 radical (unpaired) electrons. The van der Waals surface area contributed by atoms with Crippen molar-refractivity contribution in [2.75, 3.05) is 20.3 Å². The molecule has 1 aromatic heterocycles. The number of rotatable bonds is 15. The number of hydrogen-bond donors (Lipinski definition) is 2. The summed E-state index contributed by atoms with van der Waals surface area (Å²) >= 11 is 0. The Morgan fingerprint density at radius 2 is 1.63 bits per heavy atom. The zero-order valence-corrected chi connectivity index (χ0v) is 27.5. The van der Waals surface area contributed by atoms with E-state index < -0.39 is 41.2 Å². The van der Waals surface area contributed by atoms with Crippen molar-refractivity contribution in [3.63, 3.8) is 0 Å². The average Bonchev–Trinajstić information content (AvgIpc) is 3.43. The topological polar surface area (TPSA) is 147 Å². The first-order valence-corrected chi connectivity index (χ1v) is 15.0. The molecule has 0 aliphatic heterocycles. The summed E-state index contributed by atoms with van der Waals surface area (Å²) in [5.41, 5.74) is -0.349. The number of imidazole rings is 1. The molecular weight excluding hydrogens is 592 g/mol. The summed E-state index contributed by atoms with van der Waals surface area (Å²) in [6.45, 7) is 10.1. The minimum absolute atomic E-state index is 0.130. The lowest BCUT2D eigenvalue weighted by Gasteiger charge is -2.29. The van der Waals surface area contributed by atoms with Crippen LogP contribution in [0.15, 0.2) is 67.1 Å². The molecule has 1 heterocycles. The summed E-state index contributed by atoms with van der Waals surface area (Å²) in [5, 5.41) is 5.28. The van der Waals surface area contributed by atoms with Crippen LogP contribution in [-0.2, 0) is 41.6 Å². The molecule has 0 fully saturated rings. The highest BCUT2D eigenvalue weighted by Crippen LogP contribution is 2.29. The van der Waals surface area contributed by atoms with Gasteiger partial charge in [-0.3, -0.25) is 9.59 Å². The van der Waals surface area contributed by atoms with E-state index in [4.69, 9.17) is 18.9 Å². The van der Waals surface area contributed by atoms with Crippen LogP contribution in [0.2, 0.25) is 0 Å². The zero-order chi connectivity index (χ0) is 33.9. The molecule has 46 heavy (non-hydrogen) atoms. The van der Waals surface area contributed by atoms with Gasteiger partial charge >= 0.3 is 12.1 Å². The van der Waals surface area contributed by atoms with Gasteiger partial charge in [0, 0.05) is 11.8 Å². The summed E-state index contributed by atoms with van der Waals surface area (Å²) in [7, 11) is 1.51. The fourth-order valence-corrected chi connectivity index (χ4v) is 4.47. The van der Waals surface area contributed by atoms with Crippen molar-refractivity contribution in [1.29, 1.82) is 0 Å². The van der Waals surface area contributed by atoms with Crippen LogP contribution in [0.25, 0.3) is 0 Å². The maximum Gasteiger partial charge on any atom is 0.408 e. The van der Waals surface area contributed by atoms with Gasteiger partial charge in [-0.25, -0.2) is 14.6 Å². The molecule has 2 atom stereocenters. The van der Waals surface area contributed by atoms with Gasteiger partial charge in [-0.1, -0.05) is 48.5 Å². The number of Topliss-reactive ketones (excluding diaryl/α,β-unsaturated/α-hetero) is 1. The van der Waals surface area contributed by atoms with E-state index >= 15 is 0 Å². The Morgan fingerprint density at radius 3 is 2.28 bits per heavy atom. The number of amides is 2. The largest absolute Gasteiger partial charge is 0.496 e. The van der Waals surface area contributed by atoms with E-state index in [-0.39, 0.29) is 32.0 Å². The molecule has 2 N–H and O–H groups in total. The molecule has 2 aromatic carbocycles. The summed E-state index contributed by atoms with van der Waals surface area (Å²) in [6, 6.07) is 14.5. The Kier molecular flexibility index (Phi) is 12.5. The molecule has 0 aliphatic carbocycles. The Labute approximate surface area is 269 Å². The number of carbonyl (C=O) groups excluding carboxylic acids is 4. The molecule has 3 aromatic rings. The Balaban J connectivity index is 1.81. The number of ketones is 1. The maximum absolute atomic E-state index is 13.6. The molecule has 0 saturated carbocycles. The standard InChI is InChI=1S/C34H44N4O8/c1-8-45-30(40)29(25-16-12-13-17-28(25)43-7)38-19-24(35-22-38)18-27(39)26(21-44-20-23-14-10-9-11-15-23)36-31(41)34(5,6)37-32(42)46-33(2,3)4/h9-17,19,22,26,29H,8,18,20-21H2,1-7H3,(H,36,41)(H,37,42). The van der Waals surface area contributed by atoms with Crippen LogP contribution in [-0.4, -0.2) is 70.8 Å². The Hall–Kier alpha value is -4.71. The van der Waals surface area contributed by atoms with E-state index in [0.29, 0.717) is 17.0 Å². The van der Waals surface area contributed by atoms with Crippen LogP contribution in [0.5, 0.6) is 5.75 Å². The van der Waals surface area contributed by atoms with Crippen LogP contribution in [0.1, 0.15) is 64.4 Å². The Bertz CT molecular complexity index is 1480. The van der Waals surface area contributed by atoms with E-state index in [1.807, 2.05) is 30.3 Å². The molecule has 12 nitrogen and oxygen atoms in total. The number of benzene rings is 2. The second kappa shape index (κ2) is 16.0. The third kappa shape index (κ3) is 10.4. The predicted molar refractivity (Wildman–Crippen MR) is 170 cm³/mol. The van der Waals surface area contributed by atoms with E-state index in [1.165, 1.54) is 27.3 Å². The van der Waals surface area contributed by atoms with Crippen molar-refractivity contribution >= 4 is 23.8 Å². The number of esters is 1. The van der Waals surface area contributed by atoms with Crippen LogP contribution >= 0.6 is 0 Å². The van der Waals surface area contributed by atoms with Crippen molar-refractivity contribution in [3.05, 3.63) is 83.9 Å². The number of alkyl carbamates (subject to hydrolysis) is 1. The van der Waals surface area contributed by atoms with E-state index in [2.05, 4.69) is 15.6 Å². The van der Waals surface area contributed by atoms with Crippen LogP contribution in [0.4, 0.5) is 4.79 Å².